The van der Waals surface area contributed by atoms with Gasteiger partial charge in [0.1, 0.15) is 0 Å². The van der Waals surface area contributed by atoms with Gasteiger partial charge in [-0.3, -0.25) is 14.5 Å². The SMILES string of the molecule is CCOC(=O)CN(C)C1CCc2ccccc2NC1=O. The van der Waals surface area contributed by atoms with Gasteiger partial charge >= 0.3 is 5.97 Å². The number of likely N-dealkylation sites (N-methyl/N-ethyl adjacent to an activating group) is 1. The summed E-state index contributed by atoms with van der Waals surface area (Å²) in [6, 6.07) is 7.48. The molecule has 0 saturated heterocycles. The maximum absolute atomic E-state index is 12.3. The highest BCUT2D eigenvalue weighted by Gasteiger charge is 2.28. The number of carbonyl (C=O) groups excluding carboxylic acids is 2. The first-order valence-electron chi connectivity index (χ1n) is 6.86. The van der Waals surface area contributed by atoms with Crippen LogP contribution in [-0.4, -0.2) is 43.0 Å². The summed E-state index contributed by atoms with van der Waals surface area (Å²) in [5.74, 6) is -0.369. The van der Waals surface area contributed by atoms with Crippen LogP contribution in [0.3, 0.4) is 0 Å². The predicted molar refractivity (Wildman–Crippen MR) is 76.4 cm³/mol. The van der Waals surface area contributed by atoms with E-state index in [2.05, 4.69) is 5.32 Å². The molecule has 1 atom stereocenters. The molecule has 1 amide bonds. The fraction of sp³-hybridized carbons (Fsp3) is 0.467. The molecule has 1 aromatic rings. The highest BCUT2D eigenvalue weighted by atomic mass is 16.5. The molecule has 1 unspecified atom stereocenters. The van der Waals surface area contributed by atoms with Gasteiger partial charge in [0, 0.05) is 5.69 Å². The van der Waals surface area contributed by atoms with Gasteiger partial charge in [-0.2, -0.15) is 0 Å². The molecule has 1 heterocycles. The molecule has 0 aromatic heterocycles. The summed E-state index contributed by atoms with van der Waals surface area (Å²) >= 11 is 0. The van der Waals surface area contributed by atoms with Gasteiger partial charge in [0.15, 0.2) is 0 Å². The molecule has 5 heteroatoms. The number of rotatable bonds is 4. The summed E-state index contributed by atoms with van der Waals surface area (Å²) in [6.45, 7) is 2.25. The second kappa shape index (κ2) is 6.52. The van der Waals surface area contributed by atoms with Crippen LogP contribution in [0, 0.1) is 0 Å². The van der Waals surface area contributed by atoms with Crippen molar-refractivity contribution in [3.63, 3.8) is 0 Å². The number of hydrogen-bond acceptors (Lipinski definition) is 4. The molecule has 1 aliphatic rings. The number of benzene rings is 1. The van der Waals surface area contributed by atoms with Crippen LogP contribution < -0.4 is 5.32 Å². The Morgan fingerprint density at radius 2 is 2.20 bits per heavy atom. The number of nitrogens with zero attached hydrogens (tertiary/aromatic N) is 1. The third-order valence-corrected chi connectivity index (χ3v) is 3.48. The van der Waals surface area contributed by atoms with E-state index in [1.54, 1.807) is 18.9 Å². The van der Waals surface area contributed by atoms with E-state index in [9.17, 15) is 9.59 Å². The van der Waals surface area contributed by atoms with Crippen molar-refractivity contribution < 1.29 is 14.3 Å². The van der Waals surface area contributed by atoms with Crippen LogP contribution in [0.4, 0.5) is 5.69 Å². The zero-order valence-electron chi connectivity index (χ0n) is 11.9. The van der Waals surface area contributed by atoms with Crippen molar-refractivity contribution in [3.05, 3.63) is 29.8 Å². The van der Waals surface area contributed by atoms with E-state index < -0.39 is 0 Å². The molecule has 1 aliphatic heterocycles. The first-order chi connectivity index (χ1) is 9.61. The third-order valence-electron chi connectivity index (χ3n) is 3.48. The lowest BCUT2D eigenvalue weighted by Crippen LogP contribution is -2.43. The fourth-order valence-corrected chi connectivity index (χ4v) is 2.44. The van der Waals surface area contributed by atoms with Crippen molar-refractivity contribution in [3.8, 4) is 0 Å². The number of anilines is 1. The number of fused-ring (bicyclic) bond motifs is 1. The molecule has 0 spiro atoms. The highest BCUT2D eigenvalue weighted by Crippen LogP contribution is 2.23. The summed E-state index contributed by atoms with van der Waals surface area (Å²) in [6.07, 6.45) is 1.51. The van der Waals surface area contributed by atoms with Gasteiger partial charge in [-0.25, -0.2) is 0 Å². The van der Waals surface area contributed by atoms with Crippen molar-refractivity contribution in [2.75, 3.05) is 25.5 Å². The molecule has 5 nitrogen and oxygen atoms in total. The predicted octanol–water partition coefficient (Wildman–Crippen LogP) is 1.43. The van der Waals surface area contributed by atoms with Crippen LogP contribution in [-0.2, 0) is 20.7 Å². The Labute approximate surface area is 118 Å². The molecule has 108 valence electrons. The van der Waals surface area contributed by atoms with Crippen LogP contribution in [0.2, 0.25) is 0 Å². The minimum atomic E-state index is -0.313. The van der Waals surface area contributed by atoms with E-state index in [-0.39, 0.29) is 24.5 Å². The Hall–Kier alpha value is -1.88. The van der Waals surface area contributed by atoms with Crippen LogP contribution in [0.5, 0.6) is 0 Å². The Balaban J connectivity index is 2.04. The number of para-hydroxylation sites is 1. The maximum Gasteiger partial charge on any atom is 0.320 e. The zero-order chi connectivity index (χ0) is 14.5. The molecule has 0 bridgehead atoms. The van der Waals surface area contributed by atoms with Gasteiger partial charge in [-0.1, -0.05) is 18.2 Å². The average Bonchev–Trinajstić information content (AvgIpc) is 2.57. The lowest BCUT2D eigenvalue weighted by molar-refractivity contribution is -0.145. The Kier molecular flexibility index (Phi) is 4.74. The molecule has 0 radical (unpaired) electrons. The first-order valence-corrected chi connectivity index (χ1v) is 6.86. The maximum atomic E-state index is 12.3. The van der Waals surface area contributed by atoms with E-state index in [4.69, 9.17) is 4.74 Å². The van der Waals surface area contributed by atoms with E-state index >= 15 is 0 Å². The highest BCUT2D eigenvalue weighted by molar-refractivity contribution is 5.96. The van der Waals surface area contributed by atoms with E-state index in [0.29, 0.717) is 13.0 Å². The number of aryl methyl sites for hydroxylation is 1. The van der Waals surface area contributed by atoms with Crippen molar-refractivity contribution in [2.45, 2.75) is 25.8 Å². The van der Waals surface area contributed by atoms with Gasteiger partial charge < -0.3 is 10.1 Å². The summed E-state index contributed by atoms with van der Waals surface area (Å²) in [4.78, 5) is 25.5. The zero-order valence-corrected chi connectivity index (χ0v) is 11.9. The molecule has 1 aromatic carbocycles. The summed E-state index contributed by atoms with van der Waals surface area (Å²) < 4.78 is 4.92. The van der Waals surface area contributed by atoms with E-state index in [1.165, 1.54) is 0 Å². The monoisotopic (exact) mass is 276 g/mol. The lowest BCUT2D eigenvalue weighted by Gasteiger charge is -2.24. The number of esters is 1. The number of amides is 1. The second-order valence-electron chi connectivity index (χ2n) is 4.92. The van der Waals surface area contributed by atoms with Crippen molar-refractivity contribution in [2.24, 2.45) is 0 Å². The van der Waals surface area contributed by atoms with Crippen LogP contribution in [0.1, 0.15) is 18.9 Å². The number of carbonyl (C=O) groups is 2. The molecule has 0 fully saturated rings. The lowest BCUT2D eigenvalue weighted by atomic mass is 10.1. The normalized spacial score (nSPS) is 18.1. The van der Waals surface area contributed by atoms with Crippen molar-refractivity contribution in [1.82, 2.24) is 4.90 Å². The van der Waals surface area contributed by atoms with E-state index in [1.807, 2.05) is 24.3 Å². The second-order valence-corrected chi connectivity index (χ2v) is 4.92. The Morgan fingerprint density at radius 1 is 1.45 bits per heavy atom. The first kappa shape index (κ1) is 14.5. The van der Waals surface area contributed by atoms with Gasteiger partial charge in [-0.15, -0.1) is 0 Å². The van der Waals surface area contributed by atoms with Gasteiger partial charge in [0.25, 0.3) is 0 Å². The largest absolute Gasteiger partial charge is 0.465 e. The topological polar surface area (TPSA) is 58.6 Å². The smallest absolute Gasteiger partial charge is 0.320 e. The molecule has 20 heavy (non-hydrogen) atoms. The van der Waals surface area contributed by atoms with Crippen molar-refractivity contribution in [1.29, 1.82) is 0 Å². The Morgan fingerprint density at radius 3 is 2.95 bits per heavy atom. The number of nitrogens with one attached hydrogen (secondary N) is 1. The number of hydrogen-bond donors (Lipinski definition) is 1. The summed E-state index contributed by atoms with van der Waals surface area (Å²) in [5.41, 5.74) is 2.00. The molecule has 0 saturated carbocycles. The summed E-state index contributed by atoms with van der Waals surface area (Å²) in [7, 11) is 1.77. The number of ether oxygens (including phenoxy) is 1. The third kappa shape index (κ3) is 3.36. The van der Waals surface area contributed by atoms with E-state index in [0.717, 1.165) is 17.7 Å². The molecule has 1 N–H and O–H groups in total. The van der Waals surface area contributed by atoms with Gasteiger partial charge in [-0.05, 0) is 38.4 Å². The van der Waals surface area contributed by atoms with Gasteiger partial charge in [0.2, 0.25) is 5.91 Å². The van der Waals surface area contributed by atoms with Crippen molar-refractivity contribution >= 4 is 17.6 Å². The Bertz CT molecular complexity index is 502. The molecule has 2 rings (SSSR count). The molecular formula is C15H20N2O3. The molecule has 0 aliphatic carbocycles. The van der Waals surface area contributed by atoms with Gasteiger partial charge in [0.05, 0.1) is 19.2 Å². The average molecular weight is 276 g/mol. The summed E-state index contributed by atoms with van der Waals surface area (Å²) in [5, 5.41) is 2.93. The van der Waals surface area contributed by atoms with Crippen LogP contribution in [0.15, 0.2) is 24.3 Å². The fourth-order valence-electron chi connectivity index (χ4n) is 2.44. The standard InChI is InChI=1S/C15H20N2O3/c1-3-20-14(18)10-17(2)13-9-8-11-6-4-5-7-12(11)16-15(13)19/h4-7,13H,3,8-10H2,1-2H3,(H,16,19). The minimum absolute atomic E-state index is 0.0678. The molecular weight excluding hydrogens is 256 g/mol. The minimum Gasteiger partial charge on any atom is -0.465 e. The quantitative estimate of drug-likeness (QED) is 0.845. The van der Waals surface area contributed by atoms with Crippen LogP contribution in [0.25, 0.3) is 0 Å². The van der Waals surface area contributed by atoms with Crippen LogP contribution >= 0.6 is 0 Å².